The molecule has 20 heavy (non-hydrogen) atoms. The number of halogens is 1. The number of aliphatic hydroxyl groups excluding tert-OH is 1. The van der Waals surface area contributed by atoms with Gasteiger partial charge in [0.2, 0.25) is 10.0 Å². The zero-order chi connectivity index (χ0) is 14.6. The number of aliphatic hydroxyl groups is 1. The SMILES string of the molecule is O=S(=O)(NCC1CCCCS1)c1cc(F)ccc1CO. The van der Waals surface area contributed by atoms with Crippen LogP contribution in [0.1, 0.15) is 24.8 Å². The maximum absolute atomic E-state index is 13.2. The molecule has 1 atom stereocenters. The van der Waals surface area contributed by atoms with Crippen molar-refractivity contribution in [3.63, 3.8) is 0 Å². The standard InChI is InChI=1S/C13H18FNO3S2/c14-11-5-4-10(9-16)13(7-11)20(17,18)15-8-12-3-1-2-6-19-12/h4-5,7,12,15-16H,1-3,6,8-9H2. The van der Waals surface area contributed by atoms with E-state index >= 15 is 0 Å². The van der Waals surface area contributed by atoms with E-state index < -0.39 is 22.4 Å². The Morgan fingerprint density at radius 2 is 2.20 bits per heavy atom. The molecule has 2 N–H and O–H groups in total. The zero-order valence-electron chi connectivity index (χ0n) is 11.0. The van der Waals surface area contributed by atoms with Gasteiger partial charge in [0, 0.05) is 11.8 Å². The molecule has 0 saturated carbocycles. The van der Waals surface area contributed by atoms with Crippen LogP contribution in [0.4, 0.5) is 4.39 Å². The van der Waals surface area contributed by atoms with E-state index in [0.29, 0.717) is 6.54 Å². The molecule has 0 bridgehead atoms. The summed E-state index contributed by atoms with van der Waals surface area (Å²) in [7, 11) is -3.79. The molecule has 1 aliphatic heterocycles. The van der Waals surface area contributed by atoms with Crippen LogP contribution in [-0.4, -0.2) is 31.1 Å². The van der Waals surface area contributed by atoms with Crippen molar-refractivity contribution in [3.05, 3.63) is 29.6 Å². The van der Waals surface area contributed by atoms with Gasteiger partial charge in [0.05, 0.1) is 11.5 Å². The summed E-state index contributed by atoms with van der Waals surface area (Å²) < 4.78 is 40.2. The summed E-state index contributed by atoms with van der Waals surface area (Å²) in [6.45, 7) is -0.0942. The molecule has 1 aromatic carbocycles. The van der Waals surface area contributed by atoms with Gasteiger partial charge in [-0.1, -0.05) is 12.5 Å². The van der Waals surface area contributed by atoms with Gasteiger partial charge in [-0.05, 0) is 36.3 Å². The molecule has 0 spiro atoms. The molecule has 1 fully saturated rings. The first-order valence-electron chi connectivity index (χ1n) is 6.53. The highest BCUT2D eigenvalue weighted by atomic mass is 32.2. The summed E-state index contributed by atoms with van der Waals surface area (Å²) in [6.07, 6.45) is 3.27. The lowest BCUT2D eigenvalue weighted by molar-refractivity contribution is 0.278. The van der Waals surface area contributed by atoms with Gasteiger partial charge in [0.1, 0.15) is 5.82 Å². The average molecular weight is 319 g/mol. The number of hydrogen-bond donors (Lipinski definition) is 2. The summed E-state index contributed by atoms with van der Waals surface area (Å²) >= 11 is 1.76. The van der Waals surface area contributed by atoms with Crippen molar-refractivity contribution >= 4 is 21.8 Å². The minimum absolute atomic E-state index is 0.180. The molecule has 0 aromatic heterocycles. The van der Waals surface area contributed by atoms with Gasteiger partial charge in [0.15, 0.2) is 0 Å². The number of nitrogens with one attached hydrogen (secondary N) is 1. The minimum atomic E-state index is -3.79. The lowest BCUT2D eigenvalue weighted by Crippen LogP contribution is -2.32. The number of rotatable bonds is 5. The van der Waals surface area contributed by atoms with Gasteiger partial charge < -0.3 is 5.11 Å². The molecule has 1 unspecified atom stereocenters. The van der Waals surface area contributed by atoms with Gasteiger partial charge in [-0.25, -0.2) is 17.5 Å². The number of hydrogen-bond acceptors (Lipinski definition) is 4. The van der Waals surface area contributed by atoms with Gasteiger partial charge in [-0.3, -0.25) is 0 Å². The number of sulfonamides is 1. The van der Waals surface area contributed by atoms with E-state index in [1.54, 1.807) is 11.8 Å². The second kappa shape index (κ2) is 6.89. The van der Waals surface area contributed by atoms with Crippen molar-refractivity contribution in [3.8, 4) is 0 Å². The van der Waals surface area contributed by atoms with Crippen molar-refractivity contribution in [2.24, 2.45) is 0 Å². The average Bonchev–Trinajstić information content (AvgIpc) is 2.46. The molecule has 0 radical (unpaired) electrons. The van der Waals surface area contributed by atoms with Gasteiger partial charge in [-0.15, -0.1) is 0 Å². The molecule has 1 aliphatic rings. The monoisotopic (exact) mass is 319 g/mol. The molecule has 1 heterocycles. The predicted molar refractivity (Wildman–Crippen MR) is 77.6 cm³/mol. The first-order valence-corrected chi connectivity index (χ1v) is 9.06. The normalized spacial score (nSPS) is 20.0. The maximum atomic E-state index is 13.2. The fraction of sp³-hybridized carbons (Fsp3) is 0.538. The lowest BCUT2D eigenvalue weighted by atomic mass is 10.2. The third kappa shape index (κ3) is 3.94. The first-order chi connectivity index (χ1) is 9.53. The predicted octanol–water partition coefficient (Wildman–Crippen LogP) is 1.88. The molecular weight excluding hydrogens is 301 g/mol. The van der Waals surface area contributed by atoms with Crippen molar-refractivity contribution in [1.82, 2.24) is 4.72 Å². The fourth-order valence-corrected chi connectivity index (χ4v) is 4.82. The van der Waals surface area contributed by atoms with Crippen molar-refractivity contribution < 1.29 is 17.9 Å². The number of benzene rings is 1. The topological polar surface area (TPSA) is 66.4 Å². The highest BCUT2D eigenvalue weighted by Gasteiger charge is 2.22. The molecule has 4 nitrogen and oxygen atoms in total. The van der Waals surface area contributed by atoms with E-state index in [4.69, 9.17) is 0 Å². The van der Waals surface area contributed by atoms with E-state index in [1.165, 1.54) is 12.5 Å². The van der Waals surface area contributed by atoms with Crippen LogP contribution in [-0.2, 0) is 16.6 Å². The highest BCUT2D eigenvalue weighted by Crippen LogP contribution is 2.25. The molecule has 0 amide bonds. The van der Waals surface area contributed by atoms with Crippen LogP contribution in [0.3, 0.4) is 0 Å². The van der Waals surface area contributed by atoms with Crippen LogP contribution in [0.25, 0.3) is 0 Å². The smallest absolute Gasteiger partial charge is 0.241 e. The van der Waals surface area contributed by atoms with Gasteiger partial charge >= 0.3 is 0 Å². The summed E-state index contributed by atoms with van der Waals surface area (Å²) in [5.41, 5.74) is 0.204. The number of thioether (sulfide) groups is 1. The van der Waals surface area contributed by atoms with Gasteiger partial charge in [0.25, 0.3) is 0 Å². The third-order valence-corrected chi connectivity index (χ3v) is 6.17. The second-order valence-electron chi connectivity index (χ2n) is 4.75. The third-order valence-electron chi connectivity index (χ3n) is 3.26. The van der Waals surface area contributed by atoms with Crippen LogP contribution >= 0.6 is 11.8 Å². The Kier molecular flexibility index (Phi) is 5.42. The fourth-order valence-electron chi connectivity index (χ4n) is 2.16. The van der Waals surface area contributed by atoms with Crippen LogP contribution in [0.15, 0.2) is 23.1 Å². The minimum Gasteiger partial charge on any atom is -0.392 e. The van der Waals surface area contributed by atoms with Crippen molar-refractivity contribution in [2.75, 3.05) is 12.3 Å². The van der Waals surface area contributed by atoms with E-state index in [-0.39, 0.29) is 15.7 Å². The summed E-state index contributed by atoms with van der Waals surface area (Å²) in [5.74, 6) is 0.420. The molecule has 112 valence electrons. The molecule has 1 saturated heterocycles. The van der Waals surface area contributed by atoms with Gasteiger partial charge in [-0.2, -0.15) is 11.8 Å². The first kappa shape index (κ1) is 15.8. The van der Waals surface area contributed by atoms with Crippen molar-refractivity contribution in [1.29, 1.82) is 0 Å². The summed E-state index contributed by atoms with van der Waals surface area (Å²) in [4.78, 5) is -0.180. The quantitative estimate of drug-likeness (QED) is 0.870. The summed E-state index contributed by atoms with van der Waals surface area (Å²) in [6, 6.07) is 3.38. The Bertz CT molecular complexity index is 557. The van der Waals surface area contributed by atoms with Crippen LogP contribution in [0.2, 0.25) is 0 Å². The Morgan fingerprint density at radius 1 is 1.40 bits per heavy atom. The molecule has 2 rings (SSSR count). The van der Waals surface area contributed by atoms with E-state index in [1.807, 2.05) is 0 Å². The van der Waals surface area contributed by atoms with Crippen LogP contribution in [0, 0.1) is 5.82 Å². The van der Waals surface area contributed by atoms with E-state index in [0.717, 1.165) is 30.7 Å². The largest absolute Gasteiger partial charge is 0.392 e. The Hall–Kier alpha value is -0.630. The highest BCUT2D eigenvalue weighted by molar-refractivity contribution is 8.00. The Labute approximate surface area is 122 Å². The molecule has 1 aromatic rings. The Morgan fingerprint density at radius 3 is 2.85 bits per heavy atom. The van der Waals surface area contributed by atoms with E-state index in [9.17, 15) is 17.9 Å². The van der Waals surface area contributed by atoms with E-state index in [2.05, 4.69) is 4.72 Å². The molecule has 0 aliphatic carbocycles. The second-order valence-corrected chi connectivity index (χ2v) is 7.89. The molecule has 7 heteroatoms. The molecular formula is C13H18FNO3S2. The van der Waals surface area contributed by atoms with Crippen LogP contribution in [0.5, 0.6) is 0 Å². The lowest BCUT2D eigenvalue weighted by Gasteiger charge is -2.21. The zero-order valence-corrected chi connectivity index (χ0v) is 12.6. The van der Waals surface area contributed by atoms with Crippen LogP contribution < -0.4 is 4.72 Å². The van der Waals surface area contributed by atoms with Crippen molar-refractivity contribution in [2.45, 2.75) is 36.0 Å². The Balaban J connectivity index is 2.11. The summed E-state index contributed by atoms with van der Waals surface area (Å²) in [5, 5.41) is 9.44. The maximum Gasteiger partial charge on any atom is 0.241 e.